The highest BCUT2D eigenvalue weighted by molar-refractivity contribution is 9.09. The number of hydrogen-bond donors (Lipinski definition) is 0. The van der Waals surface area contributed by atoms with E-state index in [1.165, 1.54) is 5.56 Å². The van der Waals surface area contributed by atoms with Gasteiger partial charge in [0.1, 0.15) is 0 Å². The molecule has 1 atom stereocenters. The molecule has 0 fully saturated rings. The van der Waals surface area contributed by atoms with Crippen molar-refractivity contribution in [2.24, 2.45) is 0 Å². The Morgan fingerprint density at radius 3 is 2.79 bits per heavy atom. The summed E-state index contributed by atoms with van der Waals surface area (Å²) in [6.07, 6.45) is 5.75. The lowest BCUT2D eigenvalue weighted by molar-refractivity contribution is 0.145. The first-order chi connectivity index (χ1) is 6.83. The van der Waals surface area contributed by atoms with E-state index in [0.29, 0.717) is 4.83 Å². The second kappa shape index (κ2) is 6.96. The third kappa shape index (κ3) is 4.72. The fourth-order valence-electron chi connectivity index (χ4n) is 1.23. The highest BCUT2D eigenvalue weighted by Gasteiger charge is 2.04. The van der Waals surface area contributed by atoms with Crippen molar-refractivity contribution in [2.75, 3.05) is 13.2 Å². The lowest BCUT2D eigenvalue weighted by atomic mass is 10.1. The molecule has 0 amide bonds. The van der Waals surface area contributed by atoms with Gasteiger partial charge < -0.3 is 4.74 Å². The number of aromatic nitrogens is 1. The Morgan fingerprint density at radius 2 is 2.14 bits per heavy atom. The third-order valence-corrected chi connectivity index (χ3v) is 2.77. The topological polar surface area (TPSA) is 22.1 Å². The van der Waals surface area contributed by atoms with Gasteiger partial charge in [-0.3, -0.25) is 4.98 Å². The minimum Gasteiger partial charge on any atom is -0.382 e. The molecule has 14 heavy (non-hydrogen) atoms. The van der Waals surface area contributed by atoms with E-state index in [1.54, 1.807) is 0 Å². The number of hydrogen-bond acceptors (Lipinski definition) is 2. The molecule has 78 valence electrons. The van der Waals surface area contributed by atoms with E-state index in [1.807, 2.05) is 19.3 Å². The number of rotatable bonds is 6. The molecule has 0 radical (unpaired) electrons. The van der Waals surface area contributed by atoms with Gasteiger partial charge in [0, 0.05) is 30.4 Å². The lowest BCUT2D eigenvalue weighted by Crippen LogP contribution is -2.07. The van der Waals surface area contributed by atoms with Crippen LogP contribution in [0.5, 0.6) is 0 Å². The van der Waals surface area contributed by atoms with Gasteiger partial charge in [-0.1, -0.05) is 15.9 Å². The number of pyridine rings is 1. The van der Waals surface area contributed by atoms with Crippen LogP contribution in [-0.2, 0) is 11.2 Å². The van der Waals surface area contributed by atoms with Gasteiger partial charge in [-0.05, 0) is 37.5 Å². The fraction of sp³-hybridized carbons (Fsp3) is 0.545. The smallest absolute Gasteiger partial charge is 0.0476 e. The van der Waals surface area contributed by atoms with Crippen molar-refractivity contribution >= 4 is 15.9 Å². The summed E-state index contributed by atoms with van der Waals surface area (Å²) in [7, 11) is 0. The Bertz CT molecular complexity index is 240. The van der Waals surface area contributed by atoms with Crippen LogP contribution in [0.15, 0.2) is 24.5 Å². The number of ether oxygens (including phenoxy) is 1. The zero-order valence-corrected chi connectivity index (χ0v) is 10.0. The highest BCUT2D eigenvalue weighted by Crippen LogP contribution is 2.12. The Balaban J connectivity index is 2.23. The summed E-state index contributed by atoms with van der Waals surface area (Å²) in [4.78, 5) is 4.48. The van der Waals surface area contributed by atoms with Gasteiger partial charge in [0.25, 0.3) is 0 Å². The zero-order valence-electron chi connectivity index (χ0n) is 8.45. The van der Waals surface area contributed by atoms with Crippen LogP contribution in [0.2, 0.25) is 0 Å². The van der Waals surface area contributed by atoms with E-state index in [9.17, 15) is 0 Å². The summed E-state index contributed by atoms with van der Waals surface area (Å²) in [6, 6.07) is 4.10. The first-order valence-electron chi connectivity index (χ1n) is 4.93. The summed E-state index contributed by atoms with van der Waals surface area (Å²) in [5.41, 5.74) is 1.32. The molecule has 0 saturated carbocycles. The molecule has 1 aromatic rings. The normalized spacial score (nSPS) is 12.7. The van der Waals surface area contributed by atoms with Crippen LogP contribution in [0.25, 0.3) is 0 Å². The Labute approximate surface area is 93.8 Å². The van der Waals surface area contributed by atoms with Gasteiger partial charge in [-0.15, -0.1) is 0 Å². The van der Waals surface area contributed by atoms with Gasteiger partial charge in [0.05, 0.1) is 0 Å². The predicted octanol–water partition coefficient (Wildman–Crippen LogP) is 2.81. The van der Waals surface area contributed by atoms with Crippen molar-refractivity contribution in [3.8, 4) is 0 Å². The molecule has 1 heterocycles. The van der Waals surface area contributed by atoms with Crippen molar-refractivity contribution in [3.05, 3.63) is 30.1 Å². The van der Waals surface area contributed by atoms with Crippen LogP contribution in [0.1, 0.15) is 18.9 Å². The molecular weight excluding hydrogens is 242 g/mol. The largest absolute Gasteiger partial charge is 0.382 e. The average molecular weight is 258 g/mol. The van der Waals surface area contributed by atoms with Crippen molar-refractivity contribution < 1.29 is 4.74 Å². The molecule has 3 heteroatoms. The molecule has 0 aliphatic heterocycles. The van der Waals surface area contributed by atoms with E-state index in [2.05, 4.69) is 33.0 Å². The number of nitrogens with zero attached hydrogens (tertiary/aromatic N) is 1. The Hall–Kier alpha value is -0.410. The summed E-state index contributed by atoms with van der Waals surface area (Å²) in [6.45, 7) is 3.65. The molecule has 0 spiro atoms. The van der Waals surface area contributed by atoms with Crippen molar-refractivity contribution in [3.63, 3.8) is 0 Å². The third-order valence-electron chi connectivity index (χ3n) is 1.99. The monoisotopic (exact) mass is 257 g/mol. The van der Waals surface area contributed by atoms with Crippen LogP contribution < -0.4 is 0 Å². The first kappa shape index (κ1) is 11.7. The number of halogens is 1. The van der Waals surface area contributed by atoms with Crippen molar-refractivity contribution in [1.29, 1.82) is 0 Å². The second-order valence-electron chi connectivity index (χ2n) is 3.14. The molecule has 0 aliphatic carbocycles. The zero-order chi connectivity index (χ0) is 10.2. The van der Waals surface area contributed by atoms with E-state index in [4.69, 9.17) is 4.74 Å². The molecule has 0 aromatic carbocycles. The van der Waals surface area contributed by atoms with Gasteiger partial charge in [0.2, 0.25) is 0 Å². The summed E-state index contributed by atoms with van der Waals surface area (Å²) < 4.78 is 5.30. The molecule has 0 N–H and O–H groups in total. The van der Waals surface area contributed by atoms with Gasteiger partial charge in [0.15, 0.2) is 0 Å². The van der Waals surface area contributed by atoms with Gasteiger partial charge >= 0.3 is 0 Å². The SMILES string of the molecule is CCOCCC(Br)Cc1ccncc1. The minimum absolute atomic E-state index is 0.497. The fourth-order valence-corrected chi connectivity index (χ4v) is 1.79. The molecule has 0 saturated heterocycles. The highest BCUT2D eigenvalue weighted by atomic mass is 79.9. The molecular formula is C11H16BrNO. The Morgan fingerprint density at radius 1 is 1.43 bits per heavy atom. The van der Waals surface area contributed by atoms with Gasteiger partial charge in [-0.2, -0.15) is 0 Å². The van der Waals surface area contributed by atoms with Crippen LogP contribution in [0.3, 0.4) is 0 Å². The second-order valence-corrected chi connectivity index (χ2v) is 4.44. The number of alkyl halides is 1. The van der Waals surface area contributed by atoms with E-state index >= 15 is 0 Å². The van der Waals surface area contributed by atoms with E-state index in [-0.39, 0.29) is 0 Å². The van der Waals surface area contributed by atoms with Crippen molar-refractivity contribution in [1.82, 2.24) is 4.98 Å². The van der Waals surface area contributed by atoms with Crippen LogP contribution in [0, 0.1) is 0 Å². The maximum absolute atomic E-state index is 5.30. The molecule has 2 nitrogen and oxygen atoms in total. The van der Waals surface area contributed by atoms with Gasteiger partial charge in [-0.25, -0.2) is 0 Å². The lowest BCUT2D eigenvalue weighted by Gasteiger charge is -2.09. The Kier molecular flexibility index (Phi) is 5.80. The first-order valence-corrected chi connectivity index (χ1v) is 5.85. The van der Waals surface area contributed by atoms with E-state index in [0.717, 1.165) is 26.1 Å². The molecule has 0 aliphatic rings. The van der Waals surface area contributed by atoms with Crippen LogP contribution in [0.4, 0.5) is 0 Å². The minimum atomic E-state index is 0.497. The molecule has 1 unspecified atom stereocenters. The average Bonchev–Trinajstić information content (AvgIpc) is 2.20. The van der Waals surface area contributed by atoms with Crippen LogP contribution >= 0.6 is 15.9 Å². The predicted molar refractivity (Wildman–Crippen MR) is 61.8 cm³/mol. The molecule has 1 rings (SSSR count). The standard InChI is InChI=1S/C11H16BrNO/c1-2-14-8-5-11(12)9-10-3-6-13-7-4-10/h3-4,6-7,11H,2,5,8-9H2,1H3. The molecule has 0 bridgehead atoms. The summed E-state index contributed by atoms with van der Waals surface area (Å²) >= 11 is 3.64. The molecule has 1 aromatic heterocycles. The summed E-state index contributed by atoms with van der Waals surface area (Å²) in [5, 5.41) is 0. The van der Waals surface area contributed by atoms with Crippen molar-refractivity contribution in [2.45, 2.75) is 24.6 Å². The maximum atomic E-state index is 5.30. The maximum Gasteiger partial charge on any atom is 0.0476 e. The summed E-state index contributed by atoms with van der Waals surface area (Å²) in [5.74, 6) is 0. The quantitative estimate of drug-likeness (QED) is 0.578. The van der Waals surface area contributed by atoms with E-state index < -0.39 is 0 Å². The van der Waals surface area contributed by atoms with Crippen LogP contribution in [-0.4, -0.2) is 23.0 Å².